The number of carbonyl (C=O) groups is 1. The summed E-state index contributed by atoms with van der Waals surface area (Å²) in [6.07, 6.45) is 10.2. The summed E-state index contributed by atoms with van der Waals surface area (Å²) in [5.41, 5.74) is 2.78. The Bertz CT molecular complexity index is 985. The zero-order valence-corrected chi connectivity index (χ0v) is 14.2. The van der Waals surface area contributed by atoms with Crippen molar-refractivity contribution in [3.63, 3.8) is 0 Å². The summed E-state index contributed by atoms with van der Waals surface area (Å²) < 4.78 is 0. The van der Waals surface area contributed by atoms with E-state index in [0.29, 0.717) is 17.0 Å². The van der Waals surface area contributed by atoms with E-state index in [-0.39, 0.29) is 5.91 Å². The number of amides is 1. The van der Waals surface area contributed by atoms with Gasteiger partial charge in [0.25, 0.3) is 5.91 Å². The molecule has 0 aliphatic rings. The summed E-state index contributed by atoms with van der Waals surface area (Å²) in [5, 5.41) is 13.6. The van der Waals surface area contributed by atoms with Gasteiger partial charge in [-0.1, -0.05) is 24.8 Å². The molecule has 7 heteroatoms. The average Bonchev–Trinajstić information content (AvgIpc) is 3.12. The minimum Gasteiger partial charge on any atom is -0.340 e. The van der Waals surface area contributed by atoms with E-state index >= 15 is 0 Å². The highest BCUT2D eigenvalue weighted by Gasteiger charge is 2.08. The van der Waals surface area contributed by atoms with Gasteiger partial charge in [-0.3, -0.25) is 9.89 Å². The number of anilines is 2. The van der Waals surface area contributed by atoms with Gasteiger partial charge in [-0.25, -0.2) is 9.97 Å². The molecule has 0 atom stereocenters. The number of H-pyrrole nitrogens is 1. The zero-order chi connectivity index (χ0) is 18.4. The highest BCUT2D eigenvalue weighted by Crippen LogP contribution is 2.21. The largest absolute Gasteiger partial charge is 0.340 e. The van der Waals surface area contributed by atoms with Gasteiger partial charge < -0.3 is 10.6 Å². The number of allylic oxidation sites excluding steroid dienone is 5. The molecule has 0 aliphatic carbocycles. The van der Waals surface area contributed by atoms with Crippen LogP contribution in [-0.2, 0) is 0 Å². The monoisotopic (exact) mass is 346 g/mol. The Morgan fingerprint density at radius 3 is 2.77 bits per heavy atom. The Morgan fingerprint density at radius 1 is 1.19 bits per heavy atom. The third kappa shape index (κ3) is 4.02. The molecule has 0 saturated carbocycles. The lowest BCUT2D eigenvalue weighted by Gasteiger charge is -2.08. The third-order valence-corrected chi connectivity index (χ3v) is 3.56. The van der Waals surface area contributed by atoms with Gasteiger partial charge in [0.2, 0.25) is 0 Å². The topological polar surface area (TPSA) is 95.6 Å². The number of fused-ring (bicyclic) bond motifs is 1. The predicted molar refractivity (Wildman–Crippen MR) is 102 cm³/mol. The fourth-order valence-corrected chi connectivity index (χ4v) is 2.28. The van der Waals surface area contributed by atoms with Gasteiger partial charge in [0.1, 0.15) is 12.1 Å². The van der Waals surface area contributed by atoms with E-state index in [1.54, 1.807) is 36.6 Å². The Hall–Kier alpha value is -3.74. The van der Waals surface area contributed by atoms with E-state index in [1.807, 2.05) is 25.1 Å². The number of nitrogens with one attached hydrogen (secondary N) is 3. The SMILES string of the molecule is C=C/C=C\C=C(/C)NC(=O)c1ccc(Nc2ncnc3[nH]ncc23)cc1. The summed E-state index contributed by atoms with van der Waals surface area (Å²) in [6.45, 7) is 5.42. The molecular formula is C19H18N6O. The minimum atomic E-state index is -0.170. The quantitative estimate of drug-likeness (QED) is 0.594. The second-order valence-corrected chi connectivity index (χ2v) is 5.48. The maximum atomic E-state index is 12.2. The Kier molecular flexibility index (Phi) is 5.19. The Balaban J connectivity index is 1.69. The van der Waals surface area contributed by atoms with Crippen LogP contribution in [0.1, 0.15) is 17.3 Å². The fourth-order valence-electron chi connectivity index (χ4n) is 2.28. The van der Waals surface area contributed by atoms with Crippen molar-refractivity contribution in [2.75, 3.05) is 5.32 Å². The van der Waals surface area contributed by atoms with Gasteiger partial charge in [-0.05, 0) is 37.3 Å². The van der Waals surface area contributed by atoms with E-state index in [0.717, 1.165) is 16.8 Å². The van der Waals surface area contributed by atoms with Crippen LogP contribution in [0, 0.1) is 0 Å². The number of hydrogen-bond donors (Lipinski definition) is 3. The van der Waals surface area contributed by atoms with Crippen LogP contribution in [0.15, 0.2) is 73.4 Å². The van der Waals surface area contributed by atoms with Crippen molar-refractivity contribution in [1.82, 2.24) is 25.5 Å². The first-order valence-corrected chi connectivity index (χ1v) is 7.96. The van der Waals surface area contributed by atoms with Gasteiger partial charge in [0.05, 0.1) is 11.6 Å². The van der Waals surface area contributed by atoms with Crippen LogP contribution >= 0.6 is 0 Å². The van der Waals surface area contributed by atoms with E-state index in [9.17, 15) is 4.79 Å². The van der Waals surface area contributed by atoms with Crippen LogP contribution in [0.5, 0.6) is 0 Å². The number of aromatic amines is 1. The summed E-state index contributed by atoms with van der Waals surface area (Å²) in [6, 6.07) is 7.13. The van der Waals surface area contributed by atoms with Gasteiger partial charge in [0, 0.05) is 16.9 Å². The van der Waals surface area contributed by atoms with Gasteiger partial charge >= 0.3 is 0 Å². The fraction of sp³-hybridized carbons (Fsp3) is 0.0526. The number of carbonyl (C=O) groups excluding carboxylic acids is 1. The third-order valence-electron chi connectivity index (χ3n) is 3.56. The number of nitrogens with zero attached hydrogens (tertiary/aromatic N) is 3. The maximum absolute atomic E-state index is 12.2. The molecule has 2 heterocycles. The molecule has 7 nitrogen and oxygen atoms in total. The molecular weight excluding hydrogens is 328 g/mol. The first kappa shape index (κ1) is 17.1. The van der Waals surface area contributed by atoms with Crippen molar-refractivity contribution >= 4 is 28.4 Å². The normalized spacial score (nSPS) is 11.7. The first-order valence-electron chi connectivity index (χ1n) is 7.96. The van der Waals surface area contributed by atoms with Crippen molar-refractivity contribution in [3.8, 4) is 0 Å². The summed E-state index contributed by atoms with van der Waals surface area (Å²) >= 11 is 0. The van der Waals surface area contributed by atoms with Crippen LogP contribution in [0.25, 0.3) is 11.0 Å². The van der Waals surface area contributed by atoms with E-state index in [1.165, 1.54) is 6.33 Å². The standard InChI is InChI=1S/C19H18N6O/c1-3-4-5-6-13(2)23-19(26)14-7-9-15(10-8-14)24-17-16-11-22-25-18(16)21-12-20-17/h3-12H,1H2,2H3,(H,23,26)(H2,20,21,22,24,25)/b5-4-,13-6+. The molecule has 3 N–H and O–H groups in total. The summed E-state index contributed by atoms with van der Waals surface area (Å²) in [5.74, 6) is 0.477. The molecule has 1 aromatic carbocycles. The van der Waals surface area contributed by atoms with Crippen molar-refractivity contribution in [1.29, 1.82) is 0 Å². The van der Waals surface area contributed by atoms with Crippen molar-refractivity contribution in [3.05, 3.63) is 78.9 Å². The van der Waals surface area contributed by atoms with Crippen LogP contribution in [0.2, 0.25) is 0 Å². The van der Waals surface area contributed by atoms with Crippen molar-refractivity contribution in [2.24, 2.45) is 0 Å². The molecule has 130 valence electrons. The first-order chi connectivity index (χ1) is 12.7. The van der Waals surface area contributed by atoms with Crippen LogP contribution in [0.4, 0.5) is 11.5 Å². The number of hydrogen-bond acceptors (Lipinski definition) is 5. The molecule has 0 radical (unpaired) electrons. The lowest BCUT2D eigenvalue weighted by Crippen LogP contribution is -2.21. The van der Waals surface area contributed by atoms with Crippen LogP contribution in [0.3, 0.4) is 0 Å². The van der Waals surface area contributed by atoms with E-state index in [4.69, 9.17) is 0 Å². The highest BCUT2D eigenvalue weighted by molar-refractivity contribution is 5.96. The summed E-state index contributed by atoms with van der Waals surface area (Å²) in [7, 11) is 0. The van der Waals surface area contributed by atoms with Crippen molar-refractivity contribution < 1.29 is 4.79 Å². The number of rotatable bonds is 6. The minimum absolute atomic E-state index is 0.170. The second kappa shape index (κ2) is 7.89. The smallest absolute Gasteiger partial charge is 0.255 e. The number of benzene rings is 1. The van der Waals surface area contributed by atoms with Gasteiger partial charge in [-0.2, -0.15) is 5.10 Å². The lowest BCUT2D eigenvalue weighted by molar-refractivity contribution is 0.0966. The molecule has 0 bridgehead atoms. The predicted octanol–water partition coefficient (Wildman–Crippen LogP) is 3.47. The molecule has 26 heavy (non-hydrogen) atoms. The van der Waals surface area contributed by atoms with Gasteiger partial charge in [0.15, 0.2) is 5.65 Å². The molecule has 0 aliphatic heterocycles. The van der Waals surface area contributed by atoms with Crippen molar-refractivity contribution in [2.45, 2.75) is 6.92 Å². The highest BCUT2D eigenvalue weighted by atomic mass is 16.1. The average molecular weight is 346 g/mol. The van der Waals surface area contributed by atoms with E-state index in [2.05, 4.69) is 37.4 Å². The van der Waals surface area contributed by atoms with Crippen LogP contribution in [-0.4, -0.2) is 26.1 Å². The Labute approximate surface area is 150 Å². The molecule has 3 rings (SSSR count). The number of aromatic nitrogens is 4. The summed E-state index contributed by atoms with van der Waals surface area (Å²) in [4.78, 5) is 20.6. The zero-order valence-electron chi connectivity index (χ0n) is 14.2. The van der Waals surface area contributed by atoms with Gasteiger partial charge in [-0.15, -0.1) is 0 Å². The molecule has 0 fully saturated rings. The van der Waals surface area contributed by atoms with E-state index < -0.39 is 0 Å². The molecule has 0 saturated heterocycles. The molecule has 0 unspecified atom stereocenters. The molecule has 3 aromatic rings. The second-order valence-electron chi connectivity index (χ2n) is 5.48. The molecule has 2 aromatic heterocycles. The maximum Gasteiger partial charge on any atom is 0.255 e. The lowest BCUT2D eigenvalue weighted by atomic mass is 10.2. The molecule has 0 spiro atoms. The Morgan fingerprint density at radius 2 is 2.00 bits per heavy atom. The molecule has 1 amide bonds. The van der Waals surface area contributed by atoms with Crippen LogP contribution < -0.4 is 10.6 Å².